The van der Waals surface area contributed by atoms with Crippen molar-refractivity contribution >= 4 is 29.3 Å². The summed E-state index contributed by atoms with van der Waals surface area (Å²) in [6, 6.07) is 15.6. The van der Waals surface area contributed by atoms with E-state index < -0.39 is 0 Å². The zero-order valence-electron chi connectivity index (χ0n) is 13.5. The number of rotatable bonds is 7. The molecule has 0 saturated carbocycles. The van der Waals surface area contributed by atoms with Gasteiger partial charge < -0.3 is 5.32 Å². The van der Waals surface area contributed by atoms with E-state index in [4.69, 9.17) is 11.6 Å². The number of amides is 1. The Balaban J connectivity index is 1.84. The molecule has 0 unspecified atom stereocenters. The van der Waals surface area contributed by atoms with Gasteiger partial charge in [-0.2, -0.15) is 0 Å². The van der Waals surface area contributed by atoms with Gasteiger partial charge in [0, 0.05) is 21.7 Å². The topological polar surface area (TPSA) is 29.1 Å². The van der Waals surface area contributed by atoms with Crippen molar-refractivity contribution in [2.24, 2.45) is 0 Å². The molecule has 1 N–H and O–H groups in total. The van der Waals surface area contributed by atoms with Gasteiger partial charge in [0.15, 0.2) is 0 Å². The van der Waals surface area contributed by atoms with Gasteiger partial charge in [-0.15, -0.1) is 11.8 Å². The molecule has 0 bridgehead atoms. The fourth-order valence-electron chi connectivity index (χ4n) is 2.25. The maximum atomic E-state index is 12.4. The third kappa shape index (κ3) is 5.92. The molecule has 0 aliphatic heterocycles. The summed E-state index contributed by atoms with van der Waals surface area (Å²) in [7, 11) is 0. The zero-order chi connectivity index (χ0) is 16.7. The van der Waals surface area contributed by atoms with Crippen LogP contribution in [0.2, 0.25) is 5.02 Å². The first-order chi connectivity index (χ1) is 11.1. The molecule has 23 heavy (non-hydrogen) atoms. The van der Waals surface area contributed by atoms with Gasteiger partial charge in [-0.3, -0.25) is 4.79 Å². The van der Waals surface area contributed by atoms with Crippen LogP contribution < -0.4 is 5.32 Å². The van der Waals surface area contributed by atoms with Crippen LogP contribution in [0.4, 0.5) is 0 Å². The molecule has 0 heterocycles. The molecule has 0 fully saturated rings. The highest BCUT2D eigenvalue weighted by atomic mass is 35.5. The fourth-order valence-corrected chi connectivity index (χ4v) is 3.33. The van der Waals surface area contributed by atoms with E-state index >= 15 is 0 Å². The average molecular weight is 348 g/mol. The largest absolute Gasteiger partial charge is 0.352 e. The van der Waals surface area contributed by atoms with Crippen LogP contribution in [-0.4, -0.2) is 17.7 Å². The van der Waals surface area contributed by atoms with Gasteiger partial charge in [0.05, 0.1) is 5.56 Å². The Morgan fingerprint density at radius 1 is 1.13 bits per heavy atom. The van der Waals surface area contributed by atoms with Gasteiger partial charge in [-0.05, 0) is 42.7 Å². The van der Waals surface area contributed by atoms with E-state index in [1.807, 2.05) is 48.5 Å². The molecule has 0 aromatic heterocycles. The SMILES string of the molecule is CC(C)Sc1ccccc1C(=O)NCCCc1ccc(Cl)cc1. The van der Waals surface area contributed by atoms with Gasteiger partial charge in [0.2, 0.25) is 0 Å². The number of hydrogen-bond donors (Lipinski definition) is 1. The van der Waals surface area contributed by atoms with Crippen LogP contribution in [-0.2, 0) is 6.42 Å². The Hall–Kier alpha value is -1.45. The van der Waals surface area contributed by atoms with Crippen molar-refractivity contribution in [2.75, 3.05) is 6.54 Å². The molecule has 0 spiro atoms. The van der Waals surface area contributed by atoms with Crippen molar-refractivity contribution in [1.29, 1.82) is 0 Å². The molecule has 122 valence electrons. The first-order valence-electron chi connectivity index (χ1n) is 7.84. The van der Waals surface area contributed by atoms with Crippen LogP contribution >= 0.6 is 23.4 Å². The number of halogens is 1. The van der Waals surface area contributed by atoms with Crippen LogP contribution in [0.1, 0.15) is 36.2 Å². The Kier molecular flexibility index (Phi) is 7.00. The number of thioether (sulfide) groups is 1. The molecule has 2 aromatic carbocycles. The summed E-state index contributed by atoms with van der Waals surface area (Å²) < 4.78 is 0. The van der Waals surface area contributed by atoms with Crippen LogP contribution in [0.15, 0.2) is 53.4 Å². The van der Waals surface area contributed by atoms with Crippen LogP contribution in [0.3, 0.4) is 0 Å². The number of hydrogen-bond acceptors (Lipinski definition) is 2. The first kappa shape index (κ1) is 17.9. The lowest BCUT2D eigenvalue weighted by atomic mass is 10.1. The summed E-state index contributed by atoms with van der Waals surface area (Å²) in [5, 5.41) is 4.22. The second kappa shape index (κ2) is 8.99. The predicted octanol–water partition coefficient (Wildman–Crippen LogP) is 5.20. The minimum Gasteiger partial charge on any atom is -0.352 e. The summed E-state index contributed by atoms with van der Waals surface area (Å²) in [4.78, 5) is 13.4. The van der Waals surface area contributed by atoms with Crippen molar-refractivity contribution in [1.82, 2.24) is 5.32 Å². The molecule has 4 heteroatoms. The van der Waals surface area contributed by atoms with Crippen molar-refractivity contribution in [3.05, 3.63) is 64.7 Å². The van der Waals surface area contributed by atoms with E-state index in [1.165, 1.54) is 5.56 Å². The lowest BCUT2D eigenvalue weighted by Gasteiger charge is -2.11. The lowest BCUT2D eigenvalue weighted by Crippen LogP contribution is -2.25. The fraction of sp³-hybridized carbons (Fsp3) is 0.316. The maximum absolute atomic E-state index is 12.4. The molecular formula is C19H22ClNOS. The summed E-state index contributed by atoms with van der Waals surface area (Å²) in [5.41, 5.74) is 2.00. The Labute approximate surface area is 147 Å². The standard InChI is InChI=1S/C19H22ClNOS/c1-14(2)23-18-8-4-3-7-17(18)19(22)21-13-5-6-15-9-11-16(20)12-10-15/h3-4,7-12,14H,5-6,13H2,1-2H3,(H,21,22). The molecular weight excluding hydrogens is 326 g/mol. The van der Waals surface area contributed by atoms with Gasteiger partial charge in [0.25, 0.3) is 5.91 Å². The summed E-state index contributed by atoms with van der Waals surface area (Å²) in [6.45, 7) is 4.93. The number of aryl methyl sites for hydroxylation is 1. The highest BCUT2D eigenvalue weighted by molar-refractivity contribution is 8.00. The van der Waals surface area contributed by atoms with Crippen LogP contribution in [0, 0.1) is 0 Å². The zero-order valence-corrected chi connectivity index (χ0v) is 15.1. The van der Waals surface area contributed by atoms with E-state index in [0.29, 0.717) is 11.8 Å². The summed E-state index contributed by atoms with van der Waals surface area (Å²) >= 11 is 7.59. The maximum Gasteiger partial charge on any atom is 0.252 e. The molecule has 2 aromatic rings. The van der Waals surface area contributed by atoms with Crippen LogP contribution in [0.5, 0.6) is 0 Å². The Morgan fingerprint density at radius 2 is 1.83 bits per heavy atom. The normalized spacial score (nSPS) is 10.8. The molecule has 0 saturated heterocycles. The molecule has 0 atom stereocenters. The van der Waals surface area contributed by atoms with E-state index in [-0.39, 0.29) is 5.91 Å². The predicted molar refractivity (Wildman–Crippen MR) is 99.5 cm³/mol. The third-order valence-corrected chi connectivity index (χ3v) is 4.67. The highest BCUT2D eigenvalue weighted by Gasteiger charge is 2.11. The van der Waals surface area contributed by atoms with Gasteiger partial charge in [-0.25, -0.2) is 0 Å². The molecule has 2 nitrogen and oxygen atoms in total. The smallest absolute Gasteiger partial charge is 0.252 e. The Morgan fingerprint density at radius 3 is 2.52 bits per heavy atom. The van der Waals surface area contributed by atoms with Gasteiger partial charge >= 0.3 is 0 Å². The van der Waals surface area contributed by atoms with Gasteiger partial charge in [0.1, 0.15) is 0 Å². The van der Waals surface area contributed by atoms with Crippen LogP contribution in [0.25, 0.3) is 0 Å². The molecule has 2 rings (SSSR count). The minimum absolute atomic E-state index is 0.00450. The van der Waals surface area contributed by atoms with E-state index in [2.05, 4.69) is 19.2 Å². The van der Waals surface area contributed by atoms with Crippen molar-refractivity contribution < 1.29 is 4.79 Å². The third-order valence-electron chi connectivity index (χ3n) is 3.34. The van der Waals surface area contributed by atoms with Crippen molar-refractivity contribution in [3.63, 3.8) is 0 Å². The number of carbonyl (C=O) groups excluding carboxylic acids is 1. The molecule has 0 aliphatic carbocycles. The quantitative estimate of drug-likeness (QED) is 0.550. The molecule has 0 aliphatic rings. The molecule has 1 amide bonds. The number of benzene rings is 2. The Bertz CT molecular complexity index is 640. The monoisotopic (exact) mass is 347 g/mol. The summed E-state index contributed by atoms with van der Waals surface area (Å²) in [6.07, 6.45) is 1.84. The average Bonchev–Trinajstić information content (AvgIpc) is 2.53. The lowest BCUT2D eigenvalue weighted by molar-refractivity contribution is 0.0950. The second-order valence-electron chi connectivity index (χ2n) is 5.65. The van der Waals surface area contributed by atoms with Gasteiger partial charge in [-0.1, -0.05) is 49.7 Å². The van der Waals surface area contributed by atoms with Crippen molar-refractivity contribution in [3.8, 4) is 0 Å². The van der Waals surface area contributed by atoms with E-state index in [0.717, 1.165) is 28.3 Å². The summed E-state index contributed by atoms with van der Waals surface area (Å²) in [5.74, 6) is 0.00450. The van der Waals surface area contributed by atoms with E-state index in [1.54, 1.807) is 11.8 Å². The molecule has 0 radical (unpaired) electrons. The highest BCUT2D eigenvalue weighted by Crippen LogP contribution is 2.26. The number of carbonyl (C=O) groups is 1. The number of nitrogens with one attached hydrogen (secondary N) is 1. The van der Waals surface area contributed by atoms with Crippen molar-refractivity contribution in [2.45, 2.75) is 36.8 Å². The first-order valence-corrected chi connectivity index (χ1v) is 9.10. The van der Waals surface area contributed by atoms with E-state index in [9.17, 15) is 4.79 Å². The second-order valence-corrected chi connectivity index (χ2v) is 7.70. The minimum atomic E-state index is 0.00450.